The summed E-state index contributed by atoms with van der Waals surface area (Å²) in [6.07, 6.45) is 11.4. The van der Waals surface area contributed by atoms with Crippen LogP contribution >= 0.6 is 0 Å². The van der Waals surface area contributed by atoms with E-state index in [4.69, 9.17) is 4.74 Å². The van der Waals surface area contributed by atoms with Crippen LogP contribution in [0, 0.1) is 11.8 Å². The molecule has 106 valence electrons. The lowest BCUT2D eigenvalue weighted by molar-refractivity contribution is 0.0334. The van der Waals surface area contributed by atoms with Crippen molar-refractivity contribution in [3.8, 4) is 11.8 Å². The van der Waals surface area contributed by atoms with Crippen LogP contribution in [0.2, 0.25) is 0 Å². The van der Waals surface area contributed by atoms with Crippen molar-refractivity contribution in [1.29, 1.82) is 0 Å². The zero-order valence-corrected chi connectivity index (χ0v) is 12.3. The topological polar surface area (TPSA) is 9.23 Å². The smallest absolute Gasteiger partial charge is 0.137 e. The molecule has 1 aliphatic rings. The number of unbranched alkanes of at least 4 members (excludes halogenated alkanes) is 4. The summed E-state index contributed by atoms with van der Waals surface area (Å²) in [4.78, 5) is 0. The van der Waals surface area contributed by atoms with Gasteiger partial charge in [-0.2, -0.15) is 0 Å². The maximum absolute atomic E-state index is 6.04. The standard InChI is InChI=1S/C19H24O/c1-2-3-4-5-6-10-14-18-15-11-16-19(20-18)17-12-8-7-9-13-17/h7-9,11-13,15,18-19H,2-6,16H2,1H3/t18-,19+/m1/s1. The zero-order chi connectivity index (χ0) is 14.0. The Morgan fingerprint density at radius 2 is 2.00 bits per heavy atom. The van der Waals surface area contributed by atoms with Gasteiger partial charge >= 0.3 is 0 Å². The molecule has 2 atom stereocenters. The lowest BCUT2D eigenvalue weighted by atomic mass is 10.0. The molecule has 1 aromatic rings. The molecule has 0 amide bonds. The third-order valence-corrected chi connectivity index (χ3v) is 3.54. The predicted octanol–water partition coefficient (Wildman–Crippen LogP) is 5.05. The van der Waals surface area contributed by atoms with E-state index in [0.29, 0.717) is 0 Å². The number of hydrogen-bond acceptors (Lipinski definition) is 1. The van der Waals surface area contributed by atoms with E-state index in [-0.39, 0.29) is 12.2 Å². The molecule has 0 N–H and O–H groups in total. The Balaban J connectivity index is 1.81. The first kappa shape index (κ1) is 14.9. The van der Waals surface area contributed by atoms with E-state index in [1.54, 1.807) is 0 Å². The highest BCUT2D eigenvalue weighted by Gasteiger charge is 2.17. The first-order chi connectivity index (χ1) is 9.90. The van der Waals surface area contributed by atoms with Crippen LogP contribution in [0.4, 0.5) is 0 Å². The number of rotatable bonds is 5. The minimum absolute atomic E-state index is 0.0415. The second-order valence-corrected chi connectivity index (χ2v) is 5.25. The second-order valence-electron chi connectivity index (χ2n) is 5.25. The minimum Gasteiger partial charge on any atom is -0.353 e. The van der Waals surface area contributed by atoms with Gasteiger partial charge in [0.15, 0.2) is 0 Å². The van der Waals surface area contributed by atoms with Crippen LogP contribution in [-0.2, 0) is 4.74 Å². The number of ether oxygens (including phenoxy) is 1. The van der Waals surface area contributed by atoms with Crippen molar-refractivity contribution in [2.24, 2.45) is 0 Å². The van der Waals surface area contributed by atoms with Gasteiger partial charge in [0.05, 0.1) is 6.10 Å². The van der Waals surface area contributed by atoms with Crippen LogP contribution in [0.25, 0.3) is 0 Å². The van der Waals surface area contributed by atoms with Gasteiger partial charge in [0.2, 0.25) is 0 Å². The Morgan fingerprint density at radius 1 is 1.15 bits per heavy atom. The van der Waals surface area contributed by atoms with E-state index in [9.17, 15) is 0 Å². The highest BCUT2D eigenvalue weighted by atomic mass is 16.5. The first-order valence-electron chi connectivity index (χ1n) is 7.75. The summed E-state index contributed by atoms with van der Waals surface area (Å²) >= 11 is 0. The Labute approximate surface area is 123 Å². The lowest BCUT2D eigenvalue weighted by Gasteiger charge is -2.23. The van der Waals surface area contributed by atoms with Gasteiger partial charge in [-0.3, -0.25) is 0 Å². The molecular weight excluding hydrogens is 244 g/mol. The molecule has 0 unspecified atom stereocenters. The lowest BCUT2D eigenvalue weighted by Crippen LogP contribution is -2.16. The Hall–Kier alpha value is -1.52. The normalized spacial score (nSPS) is 21.2. The molecule has 0 aliphatic carbocycles. The van der Waals surface area contributed by atoms with E-state index in [2.05, 4.69) is 55.2 Å². The van der Waals surface area contributed by atoms with Gasteiger partial charge in [-0.15, -0.1) is 5.92 Å². The monoisotopic (exact) mass is 268 g/mol. The van der Waals surface area contributed by atoms with Crippen molar-refractivity contribution < 1.29 is 4.74 Å². The quantitative estimate of drug-likeness (QED) is 0.412. The van der Waals surface area contributed by atoms with Gasteiger partial charge in [0.25, 0.3) is 0 Å². The molecule has 1 heterocycles. The summed E-state index contributed by atoms with van der Waals surface area (Å²) in [6, 6.07) is 10.4. The van der Waals surface area contributed by atoms with Crippen molar-refractivity contribution >= 4 is 0 Å². The van der Waals surface area contributed by atoms with E-state index < -0.39 is 0 Å². The Morgan fingerprint density at radius 3 is 2.80 bits per heavy atom. The summed E-state index contributed by atoms with van der Waals surface area (Å²) < 4.78 is 6.04. The highest BCUT2D eigenvalue weighted by molar-refractivity contribution is 5.22. The summed E-state index contributed by atoms with van der Waals surface area (Å²) in [5.41, 5.74) is 1.24. The van der Waals surface area contributed by atoms with Crippen molar-refractivity contribution in [3.05, 3.63) is 48.0 Å². The molecule has 0 saturated heterocycles. The molecular formula is C19H24O. The number of benzene rings is 1. The summed E-state index contributed by atoms with van der Waals surface area (Å²) in [6.45, 7) is 2.23. The average Bonchev–Trinajstić information content (AvgIpc) is 2.52. The zero-order valence-electron chi connectivity index (χ0n) is 12.3. The first-order valence-corrected chi connectivity index (χ1v) is 7.75. The van der Waals surface area contributed by atoms with Gasteiger partial charge in [-0.25, -0.2) is 0 Å². The maximum Gasteiger partial charge on any atom is 0.137 e. The van der Waals surface area contributed by atoms with E-state index >= 15 is 0 Å². The van der Waals surface area contributed by atoms with Crippen molar-refractivity contribution in [1.82, 2.24) is 0 Å². The highest BCUT2D eigenvalue weighted by Crippen LogP contribution is 2.26. The van der Waals surface area contributed by atoms with Gasteiger partial charge < -0.3 is 4.74 Å². The molecule has 2 rings (SSSR count). The molecule has 1 aliphatic heterocycles. The van der Waals surface area contributed by atoms with Crippen molar-refractivity contribution in [2.75, 3.05) is 0 Å². The fraction of sp³-hybridized carbons (Fsp3) is 0.474. The molecule has 0 fully saturated rings. The molecule has 1 nitrogen and oxygen atoms in total. The van der Waals surface area contributed by atoms with Gasteiger partial charge in [0.1, 0.15) is 6.10 Å². The van der Waals surface area contributed by atoms with Crippen LogP contribution in [0.15, 0.2) is 42.5 Å². The summed E-state index contributed by atoms with van der Waals surface area (Å²) in [7, 11) is 0. The molecule has 20 heavy (non-hydrogen) atoms. The summed E-state index contributed by atoms with van der Waals surface area (Å²) in [5, 5.41) is 0. The molecule has 1 aromatic carbocycles. The molecule has 0 saturated carbocycles. The molecule has 1 heteroatoms. The number of hydrogen-bond donors (Lipinski definition) is 0. The van der Waals surface area contributed by atoms with Crippen LogP contribution in [0.3, 0.4) is 0 Å². The van der Waals surface area contributed by atoms with E-state index in [1.807, 2.05) is 6.07 Å². The van der Waals surface area contributed by atoms with Crippen molar-refractivity contribution in [3.63, 3.8) is 0 Å². The average molecular weight is 268 g/mol. The Kier molecular flexibility index (Phi) is 6.41. The van der Waals surface area contributed by atoms with E-state index in [0.717, 1.165) is 12.8 Å². The van der Waals surface area contributed by atoms with Crippen LogP contribution < -0.4 is 0 Å². The van der Waals surface area contributed by atoms with Gasteiger partial charge in [0, 0.05) is 6.42 Å². The summed E-state index contributed by atoms with van der Waals surface area (Å²) in [5.74, 6) is 6.50. The molecule has 0 spiro atoms. The molecule has 0 aromatic heterocycles. The van der Waals surface area contributed by atoms with Crippen molar-refractivity contribution in [2.45, 2.75) is 57.7 Å². The fourth-order valence-corrected chi connectivity index (χ4v) is 2.38. The predicted molar refractivity (Wildman–Crippen MR) is 84.3 cm³/mol. The van der Waals surface area contributed by atoms with Crippen LogP contribution in [-0.4, -0.2) is 6.10 Å². The third-order valence-electron chi connectivity index (χ3n) is 3.54. The molecule has 0 radical (unpaired) electrons. The molecule has 0 bridgehead atoms. The van der Waals surface area contributed by atoms with Crippen LogP contribution in [0.5, 0.6) is 0 Å². The second kappa shape index (κ2) is 8.61. The van der Waals surface area contributed by atoms with Gasteiger partial charge in [-0.05, 0) is 24.5 Å². The largest absolute Gasteiger partial charge is 0.353 e. The van der Waals surface area contributed by atoms with Gasteiger partial charge in [-0.1, -0.05) is 68.5 Å². The Bertz CT molecular complexity index is 464. The van der Waals surface area contributed by atoms with E-state index in [1.165, 1.54) is 31.2 Å². The maximum atomic E-state index is 6.04. The third kappa shape index (κ3) is 4.87. The minimum atomic E-state index is -0.0415. The SMILES string of the molecule is CCCCCCC#C[C@@H]1C=CC[C@@H](c2ccccc2)O1. The van der Waals surface area contributed by atoms with Crippen LogP contribution in [0.1, 0.15) is 57.1 Å². The fourth-order valence-electron chi connectivity index (χ4n) is 2.38.